The van der Waals surface area contributed by atoms with Gasteiger partial charge in [0.05, 0.1) is 25.2 Å². The zero-order chi connectivity index (χ0) is 24.5. The predicted octanol–water partition coefficient (Wildman–Crippen LogP) is 3.25. The first-order chi connectivity index (χ1) is 17.0. The highest BCUT2D eigenvalue weighted by molar-refractivity contribution is 5.82. The second kappa shape index (κ2) is 9.70. The largest absolute Gasteiger partial charge is 0.481 e. The lowest BCUT2D eigenvalue weighted by Crippen LogP contribution is -2.50. The van der Waals surface area contributed by atoms with Crippen molar-refractivity contribution in [3.8, 4) is 11.1 Å². The molecule has 0 spiro atoms. The smallest absolute Gasteiger partial charge is 0.407 e. The average Bonchev–Trinajstić information content (AvgIpc) is 3.60. The van der Waals surface area contributed by atoms with E-state index in [2.05, 4.69) is 29.6 Å². The molecular formula is C27H30N2O6. The summed E-state index contributed by atoms with van der Waals surface area (Å²) < 4.78 is 11.0. The maximum Gasteiger partial charge on any atom is 0.407 e. The van der Waals surface area contributed by atoms with Crippen LogP contribution in [0.5, 0.6) is 0 Å². The van der Waals surface area contributed by atoms with E-state index >= 15 is 0 Å². The lowest BCUT2D eigenvalue weighted by molar-refractivity contribution is -0.145. The van der Waals surface area contributed by atoms with E-state index in [9.17, 15) is 19.5 Å². The number of amides is 2. The van der Waals surface area contributed by atoms with Crippen LogP contribution in [-0.4, -0.2) is 66.9 Å². The molecule has 8 heteroatoms. The van der Waals surface area contributed by atoms with Crippen LogP contribution in [0.15, 0.2) is 48.5 Å². The topological polar surface area (TPSA) is 105 Å². The van der Waals surface area contributed by atoms with Crippen LogP contribution in [0.3, 0.4) is 0 Å². The molecule has 8 nitrogen and oxygen atoms in total. The first kappa shape index (κ1) is 23.4. The second-order valence-electron chi connectivity index (χ2n) is 9.61. The zero-order valence-corrected chi connectivity index (χ0v) is 19.7. The molecule has 0 bridgehead atoms. The summed E-state index contributed by atoms with van der Waals surface area (Å²) in [6.45, 7) is 0.519. The standard InChI is InChI=1S/C27H30N2O6/c1-29(24-15-34-13-22(24)26(31)32)25(30)20-11-6-12-23(20)28-27(33)35-14-21-18-9-4-2-7-16(18)17-8-3-5-10-19(17)21/h2-5,7-10,20-24H,6,11-15H2,1H3,(H,28,33)(H,31,32)/t20-,22?,23+,24?/m1/s1. The minimum atomic E-state index is -0.966. The maximum atomic E-state index is 13.2. The molecule has 2 aliphatic carbocycles. The Balaban J connectivity index is 1.21. The van der Waals surface area contributed by atoms with Gasteiger partial charge in [-0.1, -0.05) is 55.0 Å². The number of carbonyl (C=O) groups is 3. The monoisotopic (exact) mass is 478 g/mol. The molecule has 1 aliphatic heterocycles. The number of nitrogens with zero attached hydrogens (tertiary/aromatic N) is 1. The van der Waals surface area contributed by atoms with E-state index in [1.165, 1.54) is 4.90 Å². The van der Waals surface area contributed by atoms with Crippen molar-refractivity contribution in [3.63, 3.8) is 0 Å². The summed E-state index contributed by atoms with van der Waals surface area (Å²) in [6.07, 6.45) is 1.59. The van der Waals surface area contributed by atoms with Gasteiger partial charge >= 0.3 is 12.1 Å². The van der Waals surface area contributed by atoms with E-state index in [1.807, 2.05) is 24.3 Å². The molecule has 35 heavy (non-hydrogen) atoms. The molecule has 5 rings (SSSR count). The van der Waals surface area contributed by atoms with E-state index in [-0.39, 0.29) is 37.7 Å². The molecule has 2 amide bonds. The number of carboxylic acid groups (broad SMARTS) is 1. The Hall–Kier alpha value is -3.39. The zero-order valence-electron chi connectivity index (χ0n) is 19.7. The number of nitrogens with one attached hydrogen (secondary N) is 1. The number of carbonyl (C=O) groups excluding carboxylic acids is 2. The van der Waals surface area contributed by atoms with Gasteiger partial charge in [0.2, 0.25) is 5.91 Å². The van der Waals surface area contributed by atoms with Crippen molar-refractivity contribution in [1.29, 1.82) is 0 Å². The Kier molecular flexibility index (Phi) is 6.47. The normalized spacial score (nSPS) is 25.1. The number of ether oxygens (including phenoxy) is 2. The lowest BCUT2D eigenvalue weighted by atomic mass is 9.97. The highest BCUT2D eigenvalue weighted by Crippen LogP contribution is 2.44. The summed E-state index contributed by atoms with van der Waals surface area (Å²) in [4.78, 5) is 39.0. The van der Waals surface area contributed by atoms with E-state index < -0.39 is 29.9 Å². The second-order valence-corrected chi connectivity index (χ2v) is 9.61. The Morgan fingerprint density at radius 1 is 1.00 bits per heavy atom. The van der Waals surface area contributed by atoms with Crippen molar-refractivity contribution in [2.24, 2.45) is 11.8 Å². The number of rotatable bonds is 6. The number of benzene rings is 2. The van der Waals surface area contributed by atoms with Gasteiger partial charge in [-0.2, -0.15) is 0 Å². The first-order valence-electron chi connectivity index (χ1n) is 12.1. The Morgan fingerprint density at radius 2 is 1.66 bits per heavy atom. The summed E-state index contributed by atoms with van der Waals surface area (Å²) in [5, 5.41) is 12.3. The third kappa shape index (κ3) is 4.38. The van der Waals surface area contributed by atoms with Crippen LogP contribution in [0.2, 0.25) is 0 Å². The molecule has 0 radical (unpaired) electrons. The molecule has 184 valence electrons. The maximum absolute atomic E-state index is 13.2. The van der Waals surface area contributed by atoms with E-state index in [1.54, 1.807) is 7.05 Å². The van der Waals surface area contributed by atoms with Gasteiger partial charge in [-0.05, 0) is 35.1 Å². The van der Waals surface area contributed by atoms with Gasteiger partial charge in [-0.3, -0.25) is 9.59 Å². The first-order valence-corrected chi connectivity index (χ1v) is 12.1. The summed E-state index contributed by atoms with van der Waals surface area (Å²) in [6, 6.07) is 15.5. The van der Waals surface area contributed by atoms with E-state index in [0.29, 0.717) is 12.8 Å². The molecule has 2 aromatic carbocycles. The van der Waals surface area contributed by atoms with Gasteiger partial charge < -0.3 is 24.8 Å². The average molecular weight is 479 g/mol. The van der Waals surface area contributed by atoms with Crippen LogP contribution in [0.1, 0.15) is 36.3 Å². The van der Waals surface area contributed by atoms with Gasteiger partial charge in [-0.25, -0.2) is 4.79 Å². The minimum absolute atomic E-state index is 0.0318. The van der Waals surface area contributed by atoms with Gasteiger partial charge in [0.1, 0.15) is 12.5 Å². The Labute approximate surface area is 204 Å². The highest BCUT2D eigenvalue weighted by atomic mass is 16.5. The highest BCUT2D eigenvalue weighted by Gasteiger charge is 2.43. The van der Waals surface area contributed by atoms with Crippen LogP contribution >= 0.6 is 0 Å². The van der Waals surface area contributed by atoms with Gasteiger partial charge in [0.25, 0.3) is 0 Å². The lowest BCUT2D eigenvalue weighted by Gasteiger charge is -2.31. The number of fused-ring (bicyclic) bond motifs is 3. The van der Waals surface area contributed by atoms with Crippen LogP contribution < -0.4 is 5.32 Å². The van der Waals surface area contributed by atoms with E-state index in [0.717, 1.165) is 28.7 Å². The third-order valence-electron chi connectivity index (χ3n) is 7.69. The molecule has 1 saturated carbocycles. The summed E-state index contributed by atoms with van der Waals surface area (Å²) in [5.41, 5.74) is 4.61. The Bertz CT molecular complexity index is 1090. The summed E-state index contributed by atoms with van der Waals surface area (Å²) in [5.74, 6) is -2.30. The van der Waals surface area contributed by atoms with Crippen molar-refractivity contribution in [2.75, 3.05) is 26.9 Å². The van der Waals surface area contributed by atoms with Crippen LogP contribution in [0.4, 0.5) is 4.79 Å². The number of alkyl carbamates (subject to hydrolysis) is 1. The fraction of sp³-hybridized carbons (Fsp3) is 0.444. The number of hydrogen-bond acceptors (Lipinski definition) is 5. The quantitative estimate of drug-likeness (QED) is 0.660. The summed E-state index contributed by atoms with van der Waals surface area (Å²) >= 11 is 0. The van der Waals surface area contributed by atoms with Crippen LogP contribution in [-0.2, 0) is 19.1 Å². The van der Waals surface area contributed by atoms with Gasteiger partial charge in [-0.15, -0.1) is 0 Å². The van der Waals surface area contributed by atoms with Crippen LogP contribution in [0, 0.1) is 11.8 Å². The number of likely N-dealkylation sites (N-methyl/N-ethyl adjacent to an activating group) is 1. The van der Waals surface area contributed by atoms with E-state index in [4.69, 9.17) is 9.47 Å². The third-order valence-corrected chi connectivity index (χ3v) is 7.69. The molecule has 2 N–H and O–H groups in total. The fourth-order valence-corrected chi connectivity index (χ4v) is 5.81. The summed E-state index contributed by atoms with van der Waals surface area (Å²) in [7, 11) is 1.63. The van der Waals surface area contributed by atoms with Crippen molar-refractivity contribution < 1.29 is 29.0 Å². The Morgan fingerprint density at radius 3 is 2.31 bits per heavy atom. The van der Waals surface area contributed by atoms with Gasteiger partial charge in [0.15, 0.2) is 0 Å². The SMILES string of the molecule is CN(C(=O)[C@@H]1CCC[C@@H]1NC(=O)OCC1c2ccccc2-c2ccccc21)C1COCC1C(=O)O. The molecule has 0 aromatic heterocycles. The van der Waals surface area contributed by atoms with Crippen molar-refractivity contribution in [1.82, 2.24) is 10.2 Å². The van der Waals surface area contributed by atoms with Crippen molar-refractivity contribution >= 4 is 18.0 Å². The molecule has 2 aromatic rings. The van der Waals surface area contributed by atoms with Crippen molar-refractivity contribution in [2.45, 2.75) is 37.3 Å². The molecule has 1 heterocycles. The van der Waals surface area contributed by atoms with Gasteiger partial charge in [0, 0.05) is 19.0 Å². The number of carboxylic acids is 1. The molecule has 1 saturated heterocycles. The molecule has 4 atom stereocenters. The molecular weight excluding hydrogens is 448 g/mol. The number of aliphatic carboxylic acids is 1. The molecule has 2 unspecified atom stereocenters. The molecule has 2 fully saturated rings. The van der Waals surface area contributed by atoms with Crippen LogP contribution in [0.25, 0.3) is 11.1 Å². The number of hydrogen-bond donors (Lipinski definition) is 2. The fourth-order valence-electron chi connectivity index (χ4n) is 5.81. The molecule has 3 aliphatic rings. The predicted molar refractivity (Wildman–Crippen MR) is 128 cm³/mol. The minimum Gasteiger partial charge on any atom is -0.481 e. The van der Waals surface area contributed by atoms with Crippen molar-refractivity contribution in [3.05, 3.63) is 59.7 Å².